The van der Waals surface area contributed by atoms with E-state index >= 15 is 0 Å². The predicted molar refractivity (Wildman–Crippen MR) is 399 cm³/mol. The van der Waals surface area contributed by atoms with Crippen LogP contribution < -0.4 is 42.3 Å². The lowest BCUT2D eigenvalue weighted by Gasteiger charge is -2.37. The molecule has 0 amide bonds. The number of fused-ring (bicyclic) bond motifs is 24. The number of nitrogens with zero attached hydrogens (tertiary/aromatic N) is 2. The van der Waals surface area contributed by atoms with Gasteiger partial charge in [-0.05, 0) is 216 Å². The van der Waals surface area contributed by atoms with Gasteiger partial charge in [0.2, 0.25) is 0 Å². The highest BCUT2D eigenvalue weighted by molar-refractivity contribution is 7.00. The first kappa shape index (κ1) is 55.4. The fourth-order valence-corrected chi connectivity index (χ4v) is 18.1. The van der Waals surface area contributed by atoms with Gasteiger partial charge in [-0.25, -0.2) is 0 Å². The first-order chi connectivity index (χ1) is 45.6. The molecule has 0 radical (unpaired) electrons. The quantitative estimate of drug-likeness (QED) is 0.161. The van der Waals surface area contributed by atoms with E-state index in [0.29, 0.717) is 0 Å². The Morgan fingerprint density at radius 1 is 0.295 bits per heavy atom. The Hall–Kier alpha value is -10.0. The highest BCUT2D eigenvalue weighted by Gasteiger charge is 2.55. The van der Waals surface area contributed by atoms with Crippen molar-refractivity contribution in [3.63, 3.8) is 0 Å². The van der Waals surface area contributed by atoms with Gasteiger partial charge >= 0.3 is 0 Å². The summed E-state index contributed by atoms with van der Waals surface area (Å²) < 4.78 is 20.7. The third kappa shape index (κ3) is 7.30. The maximum Gasteiger partial charge on any atom is 0.256 e. The lowest BCUT2D eigenvalue weighted by Crippen LogP contribution is -2.58. The maximum absolute atomic E-state index is 7.77. The molecule has 0 bridgehead atoms. The first-order valence-electron chi connectivity index (χ1n) is 34.3. The smallest absolute Gasteiger partial charge is 0.256 e. The summed E-state index contributed by atoms with van der Waals surface area (Å²) in [6, 6.07) is 84.6. The van der Waals surface area contributed by atoms with Gasteiger partial charge in [-0.1, -0.05) is 229 Å². The second kappa shape index (κ2) is 18.3. The Labute approximate surface area is 557 Å². The van der Waals surface area contributed by atoms with Crippen molar-refractivity contribution in [2.45, 2.75) is 110 Å². The molecule has 2 aromatic heterocycles. The van der Waals surface area contributed by atoms with Crippen LogP contribution in [0.5, 0.6) is 23.0 Å². The summed E-state index contributed by atoms with van der Waals surface area (Å²) in [7, 11) is 0. The maximum atomic E-state index is 7.77. The normalized spacial score (nSPS) is 14.7. The molecule has 0 atom stereocenters. The molecular weight excluding hydrogens is 1150 g/mol. The van der Waals surface area contributed by atoms with E-state index in [1.165, 1.54) is 155 Å². The molecule has 6 heterocycles. The average Bonchev–Trinajstić information content (AvgIpc) is 1.52. The summed E-state index contributed by atoms with van der Waals surface area (Å²) in [5, 5.41) is 5.20. The van der Waals surface area contributed by atoms with Crippen LogP contribution in [0, 0.1) is 0 Å². The second-order valence-electron chi connectivity index (χ2n) is 32.4. The lowest BCUT2D eigenvalue weighted by atomic mass is 9.34. The minimum absolute atomic E-state index is 0.0262. The zero-order valence-electron chi connectivity index (χ0n) is 56.2. The summed E-state index contributed by atoms with van der Waals surface area (Å²) in [6.45, 7) is 28.0. The summed E-state index contributed by atoms with van der Waals surface area (Å²) in [5.41, 5.74) is 33.8. The molecule has 6 aliphatic rings. The van der Waals surface area contributed by atoms with Crippen LogP contribution >= 0.6 is 0 Å². The molecule has 0 N–H and O–H groups in total. The van der Waals surface area contributed by atoms with Crippen LogP contribution in [0.1, 0.15) is 128 Å². The molecule has 0 fully saturated rings. The van der Waals surface area contributed by atoms with E-state index in [0.717, 1.165) is 45.3 Å². The third-order valence-electron chi connectivity index (χ3n) is 22.8. The summed E-state index contributed by atoms with van der Waals surface area (Å²) in [4.78, 5) is 0. The number of benzene rings is 12. The van der Waals surface area contributed by atoms with Gasteiger partial charge in [-0.2, -0.15) is 0 Å². The van der Waals surface area contributed by atoms with E-state index in [1.807, 2.05) is 0 Å². The SMILES string of the molecule is CC(C)(C)c1ccc2c(c1)c1cc(C(C)(C)C)cc3c1n2-c1cc(-c2ccccc2)cc2c1B3c1cc3c(cc1O2)C1(c2ccccc2-3)c2ccccc2-c2cc3c(cc21)Oc1cc(-c2ccccc2)cc2c1B3c1cc(C(C)(C)C)cc3c4cc(C(C)(C)C)ccc4n-2c13. The number of rotatable bonds is 2. The van der Waals surface area contributed by atoms with E-state index in [-0.39, 0.29) is 35.1 Å². The second-order valence-corrected chi connectivity index (χ2v) is 32.4. The summed E-state index contributed by atoms with van der Waals surface area (Å²) in [5.74, 6) is 3.63. The van der Waals surface area contributed by atoms with Gasteiger partial charge in [0.1, 0.15) is 23.0 Å². The minimum atomic E-state index is -0.713. The molecule has 0 saturated heterocycles. The Morgan fingerprint density at radius 2 is 0.674 bits per heavy atom. The van der Waals surface area contributed by atoms with Gasteiger partial charge in [-0.3, -0.25) is 0 Å². The van der Waals surface area contributed by atoms with Crippen LogP contribution in [-0.2, 0) is 27.1 Å². The summed E-state index contributed by atoms with van der Waals surface area (Å²) in [6.07, 6.45) is 0. The van der Waals surface area contributed by atoms with Gasteiger partial charge in [-0.15, -0.1) is 0 Å². The Kier molecular flexibility index (Phi) is 10.6. The summed E-state index contributed by atoms with van der Waals surface area (Å²) >= 11 is 0. The largest absolute Gasteiger partial charge is 0.458 e. The van der Waals surface area contributed by atoms with Crippen molar-refractivity contribution in [1.29, 1.82) is 0 Å². The van der Waals surface area contributed by atoms with Crippen LogP contribution in [0.3, 0.4) is 0 Å². The van der Waals surface area contributed by atoms with Gasteiger partial charge in [0.05, 0.1) is 16.4 Å². The molecule has 6 heteroatoms. The number of ether oxygens (including phenoxy) is 2. The van der Waals surface area contributed by atoms with Crippen molar-refractivity contribution in [2.75, 3.05) is 0 Å². The van der Waals surface area contributed by atoms with Crippen molar-refractivity contribution < 1.29 is 9.47 Å². The number of aromatic nitrogens is 2. The van der Waals surface area contributed by atoms with Crippen molar-refractivity contribution in [3.05, 3.63) is 263 Å². The molecule has 95 heavy (non-hydrogen) atoms. The number of hydrogen-bond donors (Lipinski definition) is 0. The molecule has 12 aromatic carbocycles. The highest BCUT2D eigenvalue weighted by Crippen LogP contribution is 2.64. The van der Waals surface area contributed by atoms with Crippen molar-refractivity contribution in [2.24, 2.45) is 0 Å². The van der Waals surface area contributed by atoms with E-state index in [2.05, 4.69) is 311 Å². The zero-order chi connectivity index (χ0) is 64.5. The van der Waals surface area contributed by atoms with Gasteiger partial charge in [0.25, 0.3) is 13.4 Å². The minimum Gasteiger partial charge on any atom is -0.458 e. The van der Waals surface area contributed by atoms with Crippen LogP contribution in [0.2, 0.25) is 0 Å². The van der Waals surface area contributed by atoms with Gasteiger partial charge < -0.3 is 18.6 Å². The Bertz CT molecular complexity index is 5470. The van der Waals surface area contributed by atoms with E-state index < -0.39 is 5.41 Å². The lowest BCUT2D eigenvalue weighted by molar-refractivity contribution is 0.485. The molecule has 0 unspecified atom stereocenters. The molecule has 1 spiro atoms. The molecule has 0 saturated carbocycles. The monoisotopic (exact) mass is 1220 g/mol. The zero-order valence-corrected chi connectivity index (χ0v) is 56.2. The van der Waals surface area contributed by atoms with Crippen LogP contribution in [0.25, 0.3) is 99.5 Å². The average molecular weight is 1220 g/mol. The van der Waals surface area contributed by atoms with Crippen molar-refractivity contribution in [1.82, 2.24) is 9.13 Å². The molecule has 456 valence electrons. The van der Waals surface area contributed by atoms with Crippen molar-refractivity contribution in [3.8, 4) is 78.9 Å². The fraction of sp³-hybridized carbons (Fsp3) is 0.191. The van der Waals surface area contributed by atoms with Gasteiger partial charge in [0.15, 0.2) is 0 Å². The molecular formula is C89H72B2N2O2. The Balaban J connectivity index is 0.853. The third-order valence-corrected chi connectivity index (χ3v) is 22.8. The standard InChI is InChI=1S/C89H72B2N2O2/c1-85(2,3)53-31-33-73-61(39-53)63-41-55(87(7,8)9)43-71-83(63)92(73)75-35-51(49-23-15-13-16-24-49)37-79-81(75)90(71)69-45-59-57-27-19-21-29-65(57)89(67(59)47-77(69)94-79)66-30-22-20-28-58(66)60-46-70-78(48-68(60)89)95-80-38-52(50-25-17-14-18-26-50)36-76-82(80)91(70)72-44-56(88(10,11)12)42-64-62-40-54(86(4,5)6)32-34-74(62)93(76)84(64)72/h13-48H,1-12H3. The van der Waals surface area contributed by atoms with Gasteiger partial charge in [0, 0.05) is 44.0 Å². The molecule has 20 rings (SSSR count). The van der Waals surface area contributed by atoms with Crippen LogP contribution in [-0.4, -0.2) is 22.6 Å². The molecule has 4 aliphatic heterocycles. The number of hydrogen-bond acceptors (Lipinski definition) is 2. The predicted octanol–water partition coefficient (Wildman–Crippen LogP) is 18.6. The Morgan fingerprint density at radius 3 is 1.07 bits per heavy atom. The van der Waals surface area contributed by atoms with E-state index in [9.17, 15) is 0 Å². The molecule has 2 aliphatic carbocycles. The first-order valence-corrected chi connectivity index (χ1v) is 34.3. The van der Waals surface area contributed by atoms with E-state index in [4.69, 9.17) is 9.47 Å². The van der Waals surface area contributed by atoms with Crippen molar-refractivity contribution >= 4 is 89.8 Å². The molecule has 4 nitrogen and oxygen atoms in total. The van der Waals surface area contributed by atoms with Crippen LogP contribution in [0.4, 0.5) is 0 Å². The molecule has 14 aromatic rings. The van der Waals surface area contributed by atoms with E-state index in [1.54, 1.807) is 0 Å². The van der Waals surface area contributed by atoms with Crippen LogP contribution in [0.15, 0.2) is 218 Å². The topological polar surface area (TPSA) is 28.3 Å². The fourth-order valence-electron chi connectivity index (χ4n) is 18.1. The highest BCUT2D eigenvalue weighted by atomic mass is 16.5.